The summed E-state index contributed by atoms with van der Waals surface area (Å²) in [6.45, 7) is -0.552. The van der Waals surface area contributed by atoms with Crippen molar-refractivity contribution in [2.45, 2.75) is 56.3 Å². The summed E-state index contributed by atoms with van der Waals surface area (Å²) < 4.78 is 0. The number of aromatic nitrogens is 2. The molecular formula is C19H31N7O8. The first-order valence-corrected chi connectivity index (χ1v) is 10.5. The second-order valence-corrected chi connectivity index (χ2v) is 7.47. The van der Waals surface area contributed by atoms with E-state index < -0.39 is 66.9 Å². The molecule has 4 unspecified atom stereocenters. The monoisotopic (exact) mass is 485 g/mol. The number of aromatic amines is 1. The van der Waals surface area contributed by atoms with Crippen molar-refractivity contribution in [1.82, 2.24) is 25.9 Å². The van der Waals surface area contributed by atoms with Gasteiger partial charge in [0.15, 0.2) is 0 Å². The molecule has 34 heavy (non-hydrogen) atoms. The highest BCUT2D eigenvalue weighted by molar-refractivity contribution is 5.94. The number of hydrogen-bond acceptors (Lipinski definition) is 9. The van der Waals surface area contributed by atoms with E-state index in [0.717, 1.165) is 0 Å². The van der Waals surface area contributed by atoms with E-state index in [1.807, 2.05) is 5.32 Å². The third-order valence-corrected chi connectivity index (χ3v) is 4.72. The molecule has 0 radical (unpaired) electrons. The average Bonchev–Trinajstić information content (AvgIpc) is 3.28. The zero-order chi connectivity index (χ0) is 25.7. The van der Waals surface area contributed by atoms with Crippen molar-refractivity contribution in [3.63, 3.8) is 0 Å². The van der Waals surface area contributed by atoms with E-state index in [-0.39, 0.29) is 12.8 Å². The van der Waals surface area contributed by atoms with Crippen LogP contribution in [0, 0.1) is 0 Å². The molecule has 0 spiro atoms. The van der Waals surface area contributed by atoms with Gasteiger partial charge in [0.1, 0.15) is 18.1 Å². The number of hydrogen-bond donors (Lipinski definition) is 9. The molecule has 0 aliphatic rings. The minimum Gasteiger partial charge on any atom is -0.481 e. The number of nitrogens with zero attached hydrogens (tertiary/aromatic N) is 1. The predicted octanol–water partition coefficient (Wildman–Crippen LogP) is -3.59. The normalized spacial score (nSPS) is 14.3. The van der Waals surface area contributed by atoms with Crippen molar-refractivity contribution in [3.8, 4) is 0 Å². The largest absolute Gasteiger partial charge is 0.481 e. The van der Waals surface area contributed by atoms with Crippen molar-refractivity contribution in [1.29, 1.82) is 0 Å². The first-order valence-electron chi connectivity index (χ1n) is 10.5. The maximum atomic E-state index is 12.8. The van der Waals surface area contributed by atoms with Gasteiger partial charge in [-0.05, 0) is 25.8 Å². The van der Waals surface area contributed by atoms with E-state index in [2.05, 4.69) is 20.6 Å². The first-order chi connectivity index (χ1) is 16.1. The van der Waals surface area contributed by atoms with Crippen LogP contribution in [-0.4, -0.2) is 92.3 Å². The first kappa shape index (κ1) is 28.5. The third-order valence-electron chi connectivity index (χ3n) is 4.72. The minimum absolute atomic E-state index is 0.130. The van der Waals surface area contributed by atoms with Gasteiger partial charge in [-0.25, -0.2) is 9.78 Å². The molecule has 0 saturated carbocycles. The lowest BCUT2D eigenvalue weighted by atomic mass is 10.1. The number of H-pyrrole nitrogens is 1. The Morgan fingerprint density at radius 1 is 0.971 bits per heavy atom. The summed E-state index contributed by atoms with van der Waals surface area (Å²) in [5, 5.41) is 34.0. The number of aliphatic hydroxyl groups is 1. The minimum atomic E-state index is -1.77. The smallest absolute Gasteiger partial charge is 0.326 e. The number of amides is 3. The van der Waals surface area contributed by atoms with E-state index in [1.54, 1.807) is 0 Å². The number of carboxylic acid groups (broad SMARTS) is 2. The number of nitrogens with one attached hydrogen (secondary N) is 4. The molecule has 1 heterocycles. The number of rotatable bonds is 16. The van der Waals surface area contributed by atoms with Gasteiger partial charge < -0.3 is 47.7 Å². The van der Waals surface area contributed by atoms with Crippen LogP contribution in [-0.2, 0) is 30.4 Å². The van der Waals surface area contributed by atoms with Crippen LogP contribution in [0.5, 0.6) is 0 Å². The van der Waals surface area contributed by atoms with Crippen LogP contribution < -0.4 is 27.4 Å². The van der Waals surface area contributed by atoms with Gasteiger partial charge >= 0.3 is 11.9 Å². The summed E-state index contributed by atoms with van der Waals surface area (Å²) in [6.07, 6.45) is 3.32. The molecule has 15 heteroatoms. The Labute approximate surface area is 194 Å². The number of aliphatic hydroxyl groups excluding tert-OH is 1. The molecule has 0 fully saturated rings. The molecule has 0 aromatic carbocycles. The van der Waals surface area contributed by atoms with E-state index in [0.29, 0.717) is 25.1 Å². The fraction of sp³-hybridized carbons (Fsp3) is 0.579. The molecular weight excluding hydrogens is 454 g/mol. The summed E-state index contributed by atoms with van der Waals surface area (Å²) in [5.41, 5.74) is 12.0. The van der Waals surface area contributed by atoms with E-state index >= 15 is 0 Å². The number of aliphatic carboxylic acids is 2. The highest BCUT2D eigenvalue weighted by atomic mass is 16.4. The predicted molar refractivity (Wildman–Crippen MR) is 116 cm³/mol. The van der Waals surface area contributed by atoms with Gasteiger partial charge in [0, 0.05) is 18.3 Å². The highest BCUT2D eigenvalue weighted by Gasteiger charge is 2.30. The Balaban J connectivity index is 2.83. The summed E-state index contributed by atoms with van der Waals surface area (Å²) >= 11 is 0. The molecule has 0 aliphatic carbocycles. The maximum Gasteiger partial charge on any atom is 0.326 e. The lowest BCUT2D eigenvalue weighted by molar-refractivity contribution is -0.147. The summed E-state index contributed by atoms with van der Waals surface area (Å²) in [6, 6.07) is -5.48. The van der Waals surface area contributed by atoms with E-state index in [1.165, 1.54) is 12.5 Å². The average molecular weight is 485 g/mol. The molecule has 1 aromatic heterocycles. The van der Waals surface area contributed by atoms with Crippen molar-refractivity contribution in [2.24, 2.45) is 11.5 Å². The van der Waals surface area contributed by atoms with Gasteiger partial charge in [-0.1, -0.05) is 0 Å². The van der Waals surface area contributed by atoms with Crippen molar-refractivity contribution in [3.05, 3.63) is 18.2 Å². The molecule has 1 rings (SSSR count). The summed E-state index contributed by atoms with van der Waals surface area (Å²) in [4.78, 5) is 66.2. The SMILES string of the molecule is NCCCCC(NC(=O)C(N)Cc1cnc[nH]1)C(=O)NC(CO)C(=O)NC(CC(=O)O)C(=O)O. The molecule has 0 aliphatic heterocycles. The zero-order valence-corrected chi connectivity index (χ0v) is 18.4. The van der Waals surface area contributed by atoms with Crippen LogP contribution in [0.4, 0.5) is 0 Å². The highest BCUT2D eigenvalue weighted by Crippen LogP contribution is 2.04. The second kappa shape index (κ2) is 14.6. The Morgan fingerprint density at radius 2 is 1.59 bits per heavy atom. The summed E-state index contributed by atoms with van der Waals surface area (Å²) in [5.74, 6) is -5.63. The lowest BCUT2D eigenvalue weighted by Crippen LogP contribution is -2.58. The second-order valence-electron chi connectivity index (χ2n) is 7.47. The van der Waals surface area contributed by atoms with Crippen LogP contribution in [0.3, 0.4) is 0 Å². The van der Waals surface area contributed by atoms with Crippen LogP contribution in [0.25, 0.3) is 0 Å². The number of imidazole rings is 1. The number of carboxylic acids is 2. The van der Waals surface area contributed by atoms with Gasteiger partial charge in [0.05, 0.1) is 25.4 Å². The number of carbonyl (C=O) groups excluding carboxylic acids is 3. The van der Waals surface area contributed by atoms with Crippen LogP contribution >= 0.6 is 0 Å². The van der Waals surface area contributed by atoms with Crippen LogP contribution in [0.1, 0.15) is 31.4 Å². The molecule has 15 nitrogen and oxygen atoms in total. The summed E-state index contributed by atoms with van der Waals surface area (Å²) in [7, 11) is 0. The Hall–Kier alpha value is -3.56. The molecule has 11 N–H and O–H groups in total. The zero-order valence-electron chi connectivity index (χ0n) is 18.4. The molecule has 3 amide bonds. The van der Waals surface area contributed by atoms with Gasteiger partial charge in [0.25, 0.3) is 0 Å². The maximum absolute atomic E-state index is 12.8. The van der Waals surface area contributed by atoms with Crippen molar-refractivity contribution in [2.75, 3.05) is 13.2 Å². The molecule has 4 atom stereocenters. The van der Waals surface area contributed by atoms with Gasteiger partial charge in [-0.3, -0.25) is 19.2 Å². The van der Waals surface area contributed by atoms with Gasteiger partial charge in [-0.15, -0.1) is 0 Å². The lowest BCUT2D eigenvalue weighted by Gasteiger charge is -2.24. The molecule has 1 aromatic rings. The van der Waals surface area contributed by atoms with Crippen molar-refractivity contribution < 1.29 is 39.3 Å². The molecule has 0 saturated heterocycles. The fourth-order valence-electron chi connectivity index (χ4n) is 2.88. The number of unbranched alkanes of at least 4 members (excludes halogenated alkanes) is 1. The van der Waals surface area contributed by atoms with Gasteiger partial charge in [-0.2, -0.15) is 0 Å². The van der Waals surface area contributed by atoms with Crippen LogP contribution in [0.15, 0.2) is 12.5 Å². The molecule has 190 valence electrons. The standard InChI is InChI=1S/C19H31N7O8/c20-4-2-1-3-12(24-16(30)11(21)5-10-7-22-9-23-10)17(31)26-14(8-27)18(32)25-13(19(33)34)6-15(28)29/h7,9,11-14,27H,1-6,8,20-21H2,(H,22,23)(H,24,30)(H,25,32)(H,26,31)(H,28,29)(H,33,34). The Kier molecular flexibility index (Phi) is 12.2. The number of carbonyl (C=O) groups is 5. The Morgan fingerprint density at radius 3 is 2.12 bits per heavy atom. The fourth-order valence-corrected chi connectivity index (χ4v) is 2.88. The molecule has 0 bridgehead atoms. The van der Waals surface area contributed by atoms with E-state index in [9.17, 15) is 29.1 Å². The Bertz CT molecular complexity index is 833. The number of nitrogens with two attached hydrogens (primary N) is 2. The topological polar surface area (TPSA) is 263 Å². The van der Waals surface area contributed by atoms with E-state index in [4.69, 9.17) is 21.7 Å². The van der Waals surface area contributed by atoms with Crippen LogP contribution in [0.2, 0.25) is 0 Å². The quantitative estimate of drug-likeness (QED) is 0.103. The van der Waals surface area contributed by atoms with Crippen molar-refractivity contribution >= 4 is 29.7 Å². The van der Waals surface area contributed by atoms with Gasteiger partial charge in [0.2, 0.25) is 17.7 Å². The third kappa shape index (κ3) is 9.93.